The van der Waals surface area contributed by atoms with E-state index in [1.807, 2.05) is 19.1 Å². The lowest BCUT2D eigenvalue weighted by Crippen LogP contribution is -2.28. The number of nitrogen functional groups attached to an aromatic ring is 1. The Morgan fingerprint density at radius 3 is 2.75 bits per heavy atom. The van der Waals surface area contributed by atoms with Gasteiger partial charge in [0, 0.05) is 16.8 Å². The third kappa shape index (κ3) is 3.52. The van der Waals surface area contributed by atoms with Crippen LogP contribution in [-0.2, 0) is 0 Å². The molecule has 0 saturated heterocycles. The number of rotatable bonds is 5. The van der Waals surface area contributed by atoms with Crippen molar-refractivity contribution in [2.24, 2.45) is 5.84 Å². The van der Waals surface area contributed by atoms with E-state index in [9.17, 15) is 0 Å². The molecule has 0 saturated carbocycles. The van der Waals surface area contributed by atoms with Crippen molar-refractivity contribution in [3.63, 3.8) is 0 Å². The summed E-state index contributed by atoms with van der Waals surface area (Å²) in [6.07, 6.45) is 1.79. The molecule has 88 valence electrons. The molecule has 1 aromatic carbocycles. The van der Waals surface area contributed by atoms with Gasteiger partial charge in [-0.3, -0.25) is 11.3 Å². The van der Waals surface area contributed by atoms with Gasteiger partial charge in [-0.05, 0) is 37.5 Å². The molecule has 0 aromatic heterocycles. The van der Waals surface area contributed by atoms with Crippen molar-refractivity contribution >= 4 is 17.3 Å². The zero-order valence-corrected chi connectivity index (χ0v) is 10.2. The number of hydrogen-bond acceptors (Lipinski definition) is 3. The largest absolute Gasteiger partial charge is 0.398 e. The number of anilines is 1. The molecule has 0 amide bonds. The van der Waals surface area contributed by atoms with Gasteiger partial charge in [-0.1, -0.05) is 23.2 Å². The van der Waals surface area contributed by atoms with Gasteiger partial charge in [0.2, 0.25) is 0 Å². The van der Waals surface area contributed by atoms with E-state index in [-0.39, 0.29) is 6.04 Å². The number of allylic oxidation sites excluding steroid dienone is 1. The van der Waals surface area contributed by atoms with E-state index in [2.05, 4.69) is 12.0 Å². The normalized spacial score (nSPS) is 12.4. The zero-order chi connectivity index (χ0) is 12.1. The summed E-state index contributed by atoms with van der Waals surface area (Å²) in [5.74, 6) is 5.53. The number of nitrogens with one attached hydrogen (secondary N) is 1. The molecule has 5 N–H and O–H groups in total. The molecule has 1 rings (SSSR count). The van der Waals surface area contributed by atoms with E-state index in [1.54, 1.807) is 6.07 Å². The second kappa shape index (κ2) is 5.89. The minimum atomic E-state index is 0.0361. The molecule has 0 radical (unpaired) electrons. The van der Waals surface area contributed by atoms with E-state index in [0.717, 1.165) is 24.0 Å². The number of nitrogens with two attached hydrogens (primary N) is 2. The number of halogens is 1. The molecule has 1 atom stereocenters. The molecule has 0 aliphatic heterocycles. The summed E-state index contributed by atoms with van der Waals surface area (Å²) >= 11 is 5.85. The SMILES string of the molecule is C=C(C)CCC(NN)c1ccc(Cl)cc1N. The maximum absolute atomic E-state index is 5.90. The Hall–Kier alpha value is -1.03. The van der Waals surface area contributed by atoms with Crippen LogP contribution in [0.25, 0.3) is 0 Å². The van der Waals surface area contributed by atoms with Gasteiger partial charge in [-0.25, -0.2) is 0 Å². The Labute approximate surface area is 101 Å². The highest BCUT2D eigenvalue weighted by atomic mass is 35.5. The number of hydrazine groups is 1. The lowest BCUT2D eigenvalue weighted by Gasteiger charge is -2.18. The summed E-state index contributed by atoms with van der Waals surface area (Å²) in [5.41, 5.74) is 11.4. The van der Waals surface area contributed by atoms with Gasteiger partial charge in [0.15, 0.2) is 0 Å². The fourth-order valence-corrected chi connectivity index (χ4v) is 1.76. The minimum absolute atomic E-state index is 0.0361. The van der Waals surface area contributed by atoms with Gasteiger partial charge in [-0.15, -0.1) is 6.58 Å². The molecule has 1 unspecified atom stereocenters. The molecule has 3 nitrogen and oxygen atoms in total. The molecule has 0 aliphatic rings. The van der Waals surface area contributed by atoms with Crippen LogP contribution in [0.5, 0.6) is 0 Å². The van der Waals surface area contributed by atoms with Crippen LogP contribution in [0.3, 0.4) is 0 Å². The van der Waals surface area contributed by atoms with E-state index in [0.29, 0.717) is 10.7 Å². The van der Waals surface area contributed by atoms with Crippen molar-refractivity contribution in [1.82, 2.24) is 5.43 Å². The Bertz CT molecular complexity index is 377. The molecular formula is C12H18ClN3. The predicted molar refractivity (Wildman–Crippen MR) is 70.0 cm³/mol. The van der Waals surface area contributed by atoms with Gasteiger partial charge < -0.3 is 5.73 Å². The topological polar surface area (TPSA) is 64.1 Å². The third-order valence-electron chi connectivity index (χ3n) is 2.49. The standard InChI is InChI=1S/C12H18ClN3/c1-8(2)3-6-12(16-15)10-5-4-9(13)7-11(10)14/h4-5,7,12,16H,1,3,6,14-15H2,2H3. The molecule has 0 fully saturated rings. The monoisotopic (exact) mass is 239 g/mol. The number of hydrogen-bond donors (Lipinski definition) is 3. The van der Waals surface area contributed by atoms with Gasteiger partial charge in [0.05, 0.1) is 0 Å². The smallest absolute Gasteiger partial charge is 0.0483 e. The molecular weight excluding hydrogens is 222 g/mol. The summed E-state index contributed by atoms with van der Waals surface area (Å²) in [7, 11) is 0. The molecule has 0 spiro atoms. The van der Waals surface area contributed by atoms with Crippen LogP contribution < -0.4 is 17.0 Å². The quantitative estimate of drug-likeness (QED) is 0.320. The summed E-state index contributed by atoms with van der Waals surface area (Å²) in [6, 6.07) is 5.50. The highest BCUT2D eigenvalue weighted by Gasteiger charge is 2.12. The Kier molecular flexibility index (Phi) is 4.80. The van der Waals surface area contributed by atoms with Crippen LogP contribution in [-0.4, -0.2) is 0 Å². The minimum Gasteiger partial charge on any atom is -0.398 e. The van der Waals surface area contributed by atoms with Crippen LogP contribution in [0, 0.1) is 0 Å². The maximum Gasteiger partial charge on any atom is 0.0483 e. The highest BCUT2D eigenvalue weighted by molar-refractivity contribution is 6.30. The Balaban J connectivity index is 2.82. The van der Waals surface area contributed by atoms with Crippen molar-refractivity contribution < 1.29 is 0 Å². The van der Waals surface area contributed by atoms with Crippen molar-refractivity contribution in [2.45, 2.75) is 25.8 Å². The molecule has 0 aliphatic carbocycles. The second-order valence-electron chi connectivity index (χ2n) is 3.99. The maximum atomic E-state index is 5.90. The number of benzene rings is 1. The Morgan fingerprint density at radius 2 is 2.25 bits per heavy atom. The summed E-state index contributed by atoms with van der Waals surface area (Å²) < 4.78 is 0. The predicted octanol–water partition coefficient (Wildman–Crippen LogP) is 2.78. The first-order chi connectivity index (χ1) is 7.54. The van der Waals surface area contributed by atoms with Gasteiger partial charge >= 0.3 is 0 Å². The average Bonchev–Trinajstić information content (AvgIpc) is 2.21. The second-order valence-corrected chi connectivity index (χ2v) is 4.42. The van der Waals surface area contributed by atoms with Crippen LogP contribution in [0.15, 0.2) is 30.4 Å². The van der Waals surface area contributed by atoms with Crippen LogP contribution in [0.2, 0.25) is 5.02 Å². The van der Waals surface area contributed by atoms with Crippen molar-refractivity contribution in [3.05, 3.63) is 40.9 Å². The Morgan fingerprint density at radius 1 is 1.56 bits per heavy atom. The first kappa shape index (κ1) is 13.0. The average molecular weight is 240 g/mol. The molecule has 4 heteroatoms. The fraction of sp³-hybridized carbons (Fsp3) is 0.333. The third-order valence-corrected chi connectivity index (χ3v) is 2.72. The lowest BCUT2D eigenvalue weighted by atomic mass is 9.99. The van der Waals surface area contributed by atoms with Gasteiger partial charge in [-0.2, -0.15) is 0 Å². The van der Waals surface area contributed by atoms with Gasteiger partial charge in [0.1, 0.15) is 0 Å². The van der Waals surface area contributed by atoms with Gasteiger partial charge in [0.25, 0.3) is 0 Å². The summed E-state index contributed by atoms with van der Waals surface area (Å²) in [4.78, 5) is 0. The van der Waals surface area contributed by atoms with E-state index >= 15 is 0 Å². The van der Waals surface area contributed by atoms with E-state index in [4.69, 9.17) is 23.2 Å². The van der Waals surface area contributed by atoms with Crippen molar-refractivity contribution in [1.29, 1.82) is 0 Å². The molecule has 16 heavy (non-hydrogen) atoms. The summed E-state index contributed by atoms with van der Waals surface area (Å²) in [6.45, 7) is 5.87. The molecule has 0 heterocycles. The van der Waals surface area contributed by atoms with Crippen LogP contribution >= 0.6 is 11.6 Å². The van der Waals surface area contributed by atoms with Crippen molar-refractivity contribution in [2.75, 3.05) is 5.73 Å². The first-order valence-corrected chi connectivity index (χ1v) is 5.58. The molecule has 0 bridgehead atoms. The fourth-order valence-electron chi connectivity index (χ4n) is 1.58. The summed E-state index contributed by atoms with van der Waals surface area (Å²) in [5, 5.41) is 0.636. The van der Waals surface area contributed by atoms with Crippen LogP contribution in [0.1, 0.15) is 31.4 Å². The lowest BCUT2D eigenvalue weighted by molar-refractivity contribution is 0.517. The van der Waals surface area contributed by atoms with E-state index in [1.165, 1.54) is 0 Å². The van der Waals surface area contributed by atoms with Crippen LogP contribution in [0.4, 0.5) is 5.69 Å². The molecule has 1 aromatic rings. The van der Waals surface area contributed by atoms with E-state index < -0.39 is 0 Å². The highest BCUT2D eigenvalue weighted by Crippen LogP contribution is 2.27. The zero-order valence-electron chi connectivity index (χ0n) is 9.46. The van der Waals surface area contributed by atoms with Crippen molar-refractivity contribution in [3.8, 4) is 0 Å². The first-order valence-electron chi connectivity index (χ1n) is 5.20.